The molecule has 8 nitrogen and oxygen atoms in total. The fraction of sp³-hybridized carbons (Fsp3) is 0.625. The normalized spacial score (nSPS) is 19.1. The van der Waals surface area contributed by atoms with Crippen molar-refractivity contribution in [2.45, 2.75) is 24.7 Å². The number of rotatable bonds is 7. The van der Waals surface area contributed by atoms with Crippen molar-refractivity contribution >= 4 is 21.4 Å². The first kappa shape index (κ1) is 19.6. The Kier molecular flexibility index (Phi) is 6.36. The van der Waals surface area contributed by atoms with Crippen molar-refractivity contribution in [1.29, 1.82) is 0 Å². The molecular weight excluding hydrogens is 344 g/mol. The number of likely N-dealkylation sites (N-methyl/N-ethyl adjacent to an activating group) is 1. The van der Waals surface area contributed by atoms with Crippen molar-refractivity contribution in [3.05, 3.63) is 28.3 Å². The standard InChI is InChI=1S/C16H26N4O4S/c1-13-5-4-9-19(12-13)25(23,24)14-6-7-15(16(11-14)20(21)22)17-8-10-18(2)3/h6-7,11,13,17H,4-5,8-10,12H2,1-3H3/p+1/t13-/m1/s1. The maximum absolute atomic E-state index is 12.8. The second kappa shape index (κ2) is 8.11. The molecule has 1 fully saturated rings. The molecule has 1 atom stereocenters. The van der Waals surface area contributed by atoms with Gasteiger partial charge in [-0.25, -0.2) is 8.42 Å². The minimum absolute atomic E-state index is 0.0166. The molecule has 0 amide bonds. The van der Waals surface area contributed by atoms with Crippen molar-refractivity contribution in [1.82, 2.24) is 4.31 Å². The van der Waals surface area contributed by atoms with Crippen LogP contribution >= 0.6 is 0 Å². The van der Waals surface area contributed by atoms with E-state index < -0.39 is 14.9 Å². The summed E-state index contributed by atoms with van der Waals surface area (Å²) in [6.07, 6.45) is 1.82. The van der Waals surface area contributed by atoms with Crippen LogP contribution in [0.15, 0.2) is 23.1 Å². The number of hydrogen-bond acceptors (Lipinski definition) is 5. The number of quaternary nitrogens is 1. The summed E-state index contributed by atoms with van der Waals surface area (Å²) in [6.45, 7) is 4.31. The van der Waals surface area contributed by atoms with Gasteiger partial charge in [0.15, 0.2) is 0 Å². The van der Waals surface area contributed by atoms with Gasteiger partial charge in [0, 0.05) is 19.2 Å². The number of nitrogens with one attached hydrogen (secondary N) is 2. The molecule has 1 aliphatic heterocycles. The quantitative estimate of drug-likeness (QED) is 0.540. The van der Waals surface area contributed by atoms with E-state index in [1.165, 1.54) is 27.4 Å². The highest BCUT2D eigenvalue weighted by molar-refractivity contribution is 7.89. The van der Waals surface area contributed by atoms with E-state index in [1.807, 2.05) is 21.0 Å². The molecule has 0 radical (unpaired) electrons. The molecule has 0 saturated carbocycles. The number of hydrogen-bond donors (Lipinski definition) is 2. The number of nitrogens with zero attached hydrogens (tertiary/aromatic N) is 2. The lowest BCUT2D eigenvalue weighted by molar-refractivity contribution is -0.856. The van der Waals surface area contributed by atoms with Crippen LogP contribution in [0, 0.1) is 16.0 Å². The molecule has 9 heteroatoms. The van der Waals surface area contributed by atoms with Gasteiger partial charge in [0.05, 0.1) is 37.0 Å². The van der Waals surface area contributed by atoms with Gasteiger partial charge in [-0.15, -0.1) is 0 Å². The van der Waals surface area contributed by atoms with Crippen LogP contribution in [0.3, 0.4) is 0 Å². The summed E-state index contributed by atoms with van der Waals surface area (Å²) in [5.41, 5.74) is 0.136. The van der Waals surface area contributed by atoms with E-state index in [0.29, 0.717) is 31.2 Å². The highest BCUT2D eigenvalue weighted by Gasteiger charge is 2.30. The summed E-state index contributed by atoms with van der Waals surface area (Å²) < 4.78 is 27.0. The van der Waals surface area contributed by atoms with E-state index in [1.54, 1.807) is 0 Å². The van der Waals surface area contributed by atoms with Crippen LogP contribution in [0.5, 0.6) is 0 Å². The van der Waals surface area contributed by atoms with Gasteiger partial charge in [-0.2, -0.15) is 4.31 Å². The summed E-state index contributed by atoms with van der Waals surface area (Å²) in [5.74, 6) is 0.299. The third-order valence-corrected chi connectivity index (χ3v) is 6.23. The predicted octanol–water partition coefficient (Wildman–Crippen LogP) is 0.572. The molecule has 1 aliphatic rings. The van der Waals surface area contributed by atoms with Gasteiger partial charge in [0.25, 0.3) is 5.69 Å². The van der Waals surface area contributed by atoms with E-state index in [2.05, 4.69) is 5.32 Å². The average Bonchev–Trinajstić information content (AvgIpc) is 2.54. The Morgan fingerprint density at radius 3 is 2.72 bits per heavy atom. The first-order valence-corrected chi connectivity index (χ1v) is 9.97. The Labute approximate surface area is 149 Å². The Morgan fingerprint density at radius 2 is 2.12 bits per heavy atom. The number of anilines is 1. The third-order valence-electron chi connectivity index (χ3n) is 4.36. The van der Waals surface area contributed by atoms with E-state index in [9.17, 15) is 18.5 Å². The number of nitro groups is 1. The fourth-order valence-electron chi connectivity index (χ4n) is 2.93. The van der Waals surface area contributed by atoms with Crippen LogP contribution in [-0.4, -0.2) is 57.9 Å². The second-order valence-corrected chi connectivity index (χ2v) is 8.87. The van der Waals surface area contributed by atoms with Crippen LogP contribution in [0.4, 0.5) is 11.4 Å². The molecule has 1 heterocycles. The molecule has 1 aromatic rings. The molecule has 1 aromatic carbocycles. The summed E-state index contributed by atoms with van der Waals surface area (Å²) in [5, 5.41) is 14.4. The SMILES string of the molecule is C[C@@H]1CCCN(S(=O)(=O)c2ccc(NCC[NH+](C)C)c([N+](=O)[O-])c2)C1. The molecule has 0 aliphatic carbocycles. The topological polar surface area (TPSA) is 97.0 Å². The summed E-state index contributed by atoms with van der Waals surface area (Å²) in [4.78, 5) is 12.0. The smallest absolute Gasteiger partial charge is 0.293 e. The van der Waals surface area contributed by atoms with Gasteiger partial charge in [-0.05, 0) is 30.9 Å². The highest BCUT2D eigenvalue weighted by Crippen LogP contribution is 2.30. The van der Waals surface area contributed by atoms with Crippen molar-refractivity contribution in [3.63, 3.8) is 0 Å². The van der Waals surface area contributed by atoms with Gasteiger partial charge in [-0.1, -0.05) is 6.92 Å². The van der Waals surface area contributed by atoms with Gasteiger partial charge in [-0.3, -0.25) is 10.1 Å². The van der Waals surface area contributed by atoms with E-state index in [0.717, 1.165) is 19.4 Å². The Morgan fingerprint density at radius 1 is 1.40 bits per heavy atom. The summed E-state index contributed by atoms with van der Waals surface area (Å²) in [6, 6.07) is 4.11. The zero-order chi connectivity index (χ0) is 18.6. The first-order valence-electron chi connectivity index (χ1n) is 8.53. The Bertz CT molecular complexity index is 721. The van der Waals surface area contributed by atoms with Crippen LogP contribution < -0.4 is 10.2 Å². The van der Waals surface area contributed by atoms with Crippen molar-refractivity contribution in [2.24, 2.45) is 5.92 Å². The second-order valence-electron chi connectivity index (χ2n) is 6.93. The Hall–Kier alpha value is -1.71. The number of nitro benzene ring substituents is 1. The molecule has 25 heavy (non-hydrogen) atoms. The van der Waals surface area contributed by atoms with Gasteiger partial charge >= 0.3 is 0 Å². The predicted molar refractivity (Wildman–Crippen MR) is 96.4 cm³/mol. The zero-order valence-corrected chi connectivity index (χ0v) is 15.8. The van der Waals surface area contributed by atoms with E-state index >= 15 is 0 Å². The molecule has 2 rings (SSSR count). The maximum Gasteiger partial charge on any atom is 0.293 e. The molecule has 0 bridgehead atoms. The largest absolute Gasteiger partial charge is 0.374 e. The first-order chi connectivity index (χ1) is 11.7. The number of piperidine rings is 1. The molecular formula is C16H27N4O4S+. The van der Waals surface area contributed by atoms with Crippen LogP contribution in [0.25, 0.3) is 0 Å². The minimum atomic E-state index is -3.70. The van der Waals surface area contributed by atoms with Crippen LogP contribution in [-0.2, 0) is 10.0 Å². The highest BCUT2D eigenvalue weighted by atomic mass is 32.2. The third kappa shape index (κ3) is 4.90. The molecule has 1 saturated heterocycles. The average molecular weight is 371 g/mol. The summed E-state index contributed by atoms with van der Waals surface area (Å²) >= 11 is 0. The van der Waals surface area contributed by atoms with Crippen molar-refractivity contribution < 1.29 is 18.2 Å². The monoisotopic (exact) mass is 371 g/mol. The fourth-order valence-corrected chi connectivity index (χ4v) is 4.55. The maximum atomic E-state index is 12.8. The van der Waals surface area contributed by atoms with Gasteiger partial charge in [0.1, 0.15) is 5.69 Å². The van der Waals surface area contributed by atoms with Crippen molar-refractivity contribution in [3.8, 4) is 0 Å². The van der Waals surface area contributed by atoms with Gasteiger partial charge < -0.3 is 10.2 Å². The van der Waals surface area contributed by atoms with E-state index in [-0.39, 0.29) is 10.6 Å². The van der Waals surface area contributed by atoms with Gasteiger partial charge in [0.2, 0.25) is 10.0 Å². The lowest BCUT2D eigenvalue weighted by Crippen LogP contribution is -3.06. The number of benzene rings is 1. The molecule has 0 unspecified atom stereocenters. The molecule has 2 N–H and O–H groups in total. The zero-order valence-electron chi connectivity index (χ0n) is 15.0. The van der Waals surface area contributed by atoms with E-state index in [4.69, 9.17) is 0 Å². The lowest BCUT2D eigenvalue weighted by atomic mass is 10.0. The molecule has 0 spiro atoms. The molecule has 0 aromatic heterocycles. The summed E-state index contributed by atoms with van der Waals surface area (Å²) in [7, 11) is 0.278. The molecule has 140 valence electrons. The van der Waals surface area contributed by atoms with Crippen LogP contribution in [0.2, 0.25) is 0 Å². The minimum Gasteiger partial charge on any atom is -0.374 e. The Balaban J connectivity index is 2.26. The lowest BCUT2D eigenvalue weighted by Gasteiger charge is -2.30. The van der Waals surface area contributed by atoms with Crippen molar-refractivity contribution in [2.75, 3.05) is 45.6 Å². The number of sulfonamides is 1. The van der Waals surface area contributed by atoms with Crippen LogP contribution in [0.1, 0.15) is 19.8 Å².